The predicted octanol–water partition coefficient (Wildman–Crippen LogP) is 2.47. The van der Waals surface area contributed by atoms with Crippen molar-refractivity contribution >= 4 is 0 Å². The lowest BCUT2D eigenvalue weighted by Crippen LogP contribution is -2.57. The molecule has 1 saturated carbocycles. The zero-order valence-corrected chi connectivity index (χ0v) is 8.86. The normalized spacial score (nSPS) is 31.1. The molecule has 1 aliphatic rings. The summed E-state index contributed by atoms with van der Waals surface area (Å²) in [5.74, 6) is 0.796. The fourth-order valence-electron chi connectivity index (χ4n) is 1.85. The zero-order chi connectivity index (χ0) is 11.7. The highest BCUT2D eigenvalue weighted by molar-refractivity contribution is 5.16. The van der Waals surface area contributed by atoms with Gasteiger partial charge in [0.1, 0.15) is 5.54 Å². The molecule has 0 heterocycles. The van der Waals surface area contributed by atoms with E-state index >= 15 is 0 Å². The summed E-state index contributed by atoms with van der Waals surface area (Å²) < 4.78 is 35.9. The molecule has 5 heteroatoms. The molecule has 0 radical (unpaired) electrons. The molecule has 2 nitrogen and oxygen atoms in total. The van der Waals surface area contributed by atoms with Crippen molar-refractivity contribution in [3.8, 4) is 6.07 Å². The summed E-state index contributed by atoms with van der Waals surface area (Å²) in [6.45, 7) is 2.97. The van der Waals surface area contributed by atoms with Gasteiger partial charge in [-0.05, 0) is 24.7 Å². The topological polar surface area (TPSA) is 35.8 Å². The molecule has 86 valence electrons. The number of hydrogen-bond acceptors (Lipinski definition) is 2. The van der Waals surface area contributed by atoms with Crippen molar-refractivity contribution in [1.29, 1.82) is 5.26 Å². The molecule has 0 unspecified atom stereocenters. The number of alkyl halides is 3. The lowest BCUT2D eigenvalue weighted by Gasteiger charge is -2.45. The number of halogens is 3. The van der Waals surface area contributed by atoms with Gasteiger partial charge in [-0.25, -0.2) is 0 Å². The van der Waals surface area contributed by atoms with Crippen LogP contribution in [0.2, 0.25) is 0 Å². The second-order valence-electron chi connectivity index (χ2n) is 4.57. The maximum absolute atomic E-state index is 12.0. The Bertz CT molecular complexity index is 259. The summed E-state index contributed by atoms with van der Waals surface area (Å²) in [6.07, 6.45) is -3.19. The van der Waals surface area contributed by atoms with E-state index in [9.17, 15) is 13.2 Å². The van der Waals surface area contributed by atoms with E-state index in [1.54, 1.807) is 0 Å². The van der Waals surface area contributed by atoms with Gasteiger partial charge >= 0.3 is 6.18 Å². The fourth-order valence-corrected chi connectivity index (χ4v) is 1.85. The van der Waals surface area contributed by atoms with Crippen LogP contribution in [-0.4, -0.2) is 18.3 Å². The van der Waals surface area contributed by atoms with Crippen LogP contribution in [0, 0.1) is 23.2 Å². The van der Waals surface area contributed by atoms with Crippen molar-refractivity contribution in [2.45, 2.75) is 38.4 Å². The van der Waals surface area contributed by atoms with Gasteiger partial charge in [0.15, 0.2) is 0 Å². The molecule has 0 aromatic heterocycles. The van der Waals surface area contributed by atoms with Gasteiger partial charge in [0.25, 0.3) is 0 Å². The van der Waals surface area contributed by atoms with Gasteiger partial charge in [-0.3, -0.25) is 5.32 Å². The quantitative estimate of drug-likeness (QED) is 0.793. The number of hydrogen-bond donors (Lipinski definition) is 1. The number of nitrogens with one attached hydrogen (secondary N) is 1. The second kappa shape index (κ2) is 4.01. The third kappa shape index (κ3) is 3.10. The van der Waals surface area contributed by atoms with E-state index in [1.807, 2.05) is 19.9 Å². The summed E-state index contributed by atoms with van der Waals surface area (Å²) in [5, 5.41) is 11.2. The van der Waals surface area contributed by atoms with Crippen LogP contribution in [0.3, 0.4) is 0 Å². The molecule has 1 aliphatic carbocycles. The Hall–Kier alpha value is -0.760. The van der Waals surface area contributed by atoms with Crippen molar-refractivity contribution in [2.75, 3.05) is 6.54 Å². The summed E-state index contributed by atoms with van der Waals surface area (Å²) in [5.41, 5.74) is -0.940. The maximum atomic E-state index is 12.0. The Balaban J connectivity index is 2.43. The van der Waals surface area contributed by atoms with Crippen LogP contribution in [0.5, 0.6) is 0 Å². The average Bonchev–Trinajstić information content (AvgIpc) is 2.00. The Labute approximate surface area is 87.5 Å². The summed E-state index contributed by atoms with van der Waals surface area (Å²) >= 11 is 0. The Morgan fingerprint density at radius 1 is 1.47 bits per heavy atom. The highest BCUT2D eigenvalue weighted by Crippen LogP contribution is 2.42. The van der Waals surface area contributed by atoms with E-state index in [0.717, 1.165) is 0 Å². The van der Waals surface area contributed by atoms with Crippen LogP contribution in [0.25, 0.3) is 0 Å². The molecule has 0 atom stereocenters. The van der Waals surface area contributed by atoms with Crippen LogP contribution < -0.4 is 5.32 Å². The molecule has 0 aromatic rings. The standard InChI is InChI=1S/C10H15F3N2/c1-7(2)8-3-9(4-8,5-14)15-6-10(11,12)13/h7-8,15H,3-4,6H2,1-2H3. The molecule has 0 saturated heterocycles. The van der Waals surface area contributed by atoms with Crippen molar-refractivity contribution in [2.24, 2.45) is 11.8 Å². The predicted molar refractivity (Wildman–Crippen MR) is 50.0 cm³/mol. The van der Waals surface area contributed by atoms with E-state index < -0.39 is 18.3 Å². The van der Waals surface area contributed by atoms with E-state index in [2.05, 4.69) is 5.32 Å². The summed E-state index contributed by atoms with van der Waals surface area (Å²) in [4.78, 5) is 0. The minimum Gasteiger partial charge on any atom is -0.291 e. The molecular weight excluding hydrogens is 205 g/mol. The van der Waals surface area contributed by atoms with Crippen molar-refractivity contribution in [1.82, 2.24) is 5.32 Å². The molecule has 0 aromatic carbocycles. The van der Waals surface area contributed by atoms with E-state index in [4.69, 9.17) is 5.26 Å². The molecule has 1 fully saturated rings. The largest absolute Gasteiger partial charge is 0.401 e. The Kier molecular flexibility index (Phi) is 3.29. The zero-order valence-electron chi connectivity index (χ0n) is 8.86. The Morgan fingerprint density at radius 3 is 2.33 bits per heavy atom. The highest BCUT2D eigenvalue weighted by Gasteiger charge is 2.47. The summed E-state index contributed by atoms with van der Waals surface area (Å²) in [7, 11) is 0. The van der Waals surface area contributed by atoms with E-state index in [-0.39, 0.29) is 0 Å². The lowest BCUT2D eigenvalue weighted by molar-refractivity contribution is -0.130. The first-order valence-corrected chi connectivity index (χ1v) is 5.01. The average molecular weight is 220 g/mol. The molecule has 0 aliphatic heterocycles. The molecular formula is C10H15F3N2. The van der Waals surface area contributed by atoms with Crippen molar-refractivity contribution in [3.63, 3.8) is 0 Å². The highest BCUT2D eigenvalue weighted by atomic mass is 19.4. The van der Waals surface area contributed by atoms with Crippen LogP contribution in [0.1, 0.15) is 26.7 Å². The van der Waals surface area contributed by atoms with Crippen molar-refractivity contribution in [3.05, 3.63) is 0 Å². The lowest BCUT2D eigenvalue weighted by atomic mass is 9.65. The molecule has 15 heavy (non-hydrogen) atoms. The van der Waals surface area contributed by atoms with Gasteiger partial charge in [0, 0.05) is 0 Å². The first-order valence-electron chi connectivity index (χ1n) is 5.01. The number of nitriles is 1. The van der Waals surface area contributed by atoms with Gasteiger partial charge in [0.2, 0.25) is 0 Å². The summed E-state index contributed by atoms with van der Waals surface area (Å²) in [6, 6.07) is 1.96. The molecule has 1 N–H and O–H groups in total. The van der Waals surface area contributed by atoms with E-state index in [1.165, 1.54) is 0 Å². The smallest absolute Gasteiger partial charge is 0.291 e. The third-order valence-electron chi connectivity index (χ3n) is 3.01. The van der Waals surface area contributed by atoms with Gasteiger partial charge in [0.05, 0.1) is 12.6 Å². The first kappa shape index (κ1) is 12.3. The van der Waals surface area contributed by atoms with Gasteiger partial charge in [-0.1, -0.05) is 13.8 Å². The van der Waals surface area contributed by atoms with Gasteiger partial charge in [-0.15, -0.1) is 0 Å². The minimum absolute atomic E-state index is 0.366. The number of nitrogens with zero attached hydrogens (tertiary/aromatic N) is 1. The Morgan fingerprint density at radius 2 is 2.00 bits per heavy atom. The van der Waals surface area contributed by atoms with Crippen LogP contribution in [0.4, 0.5) is 13.2 Å². The van der Waals surface area contributed by atoms with Crippen LogP contribution >= 0.6 is 0 Å². The van der Waals surface area contributed by atoms with Crippen LogP contribution in [0.15, 0.2) is 0 Å². The van der Waals surface area contributed by atoms with Gasteiger partial charge < -0.3 is 0 Å². The maximum Gasteiger partial charge on any atom is 0.401 e. The molecule has 0 spiro atoms. The van der Waals surface area contributed by atoms with Crippen LogP contribution in [-0.2, 0) is 0 Å². The fraction of sp³-hybridized carbons (Fsp3) is 0.900. The molecule has 0 amide bonds. The van der Waals surface area contributed by atoms with E-state index in [0.29, 0.717) is 24.7 Å². The second-order valence-corrected chi connectivity index (χ2v) is 4.57. The molecule has 1 rings (SSSR count). The SMILES string of the molecule is CC(C)C1CC(C#N)(NCC(F)(F)F)C1. The minimum atomic E-state index is -4.24. The number of rotatable bonds is 3. The molecule has 0 bridgehead atoms. The van der Waals surface area contributed by atoms with Gasteiger partial charge in [-0.2, -0.15) is 18.4 Å². The monoisotopic (exact) mass is 220 g/mol. The first-order chi connectivity index (χ1) is 6.78. The van der Waals surface area contributed by atoms with Crippen molar-refractivity contribution < 1.29 is 13.2 Å². The third-order valence-corrected chi connectivity index (χ3v) is 3.01.